The number of nitrogen functional groups attached to an aromatic ring is 1. The summed E-state index contributed by atoms with van der Waals surface area (Å²) in [5, 5.41) is 18.9. The first-order chi connectivity index (χ1) is 33.9. The quantitative estimate of drug-likeness (QED) is 0.00890. The summed E-state index contributed by atoms with van der Waals surface area (Å²) >= 11 is 0. The van der Waals surface area contributed by atoms with Crippen LogP contribution in [0.5, 0.6) is 0 Å². The van der Waals surface area contributed by atoms with Crippen molar-refractivity contribution in [1.82, 2.24) is 0 Å². The zero-order chi connectivity index (χ0) is 56.1. The summed E-state index contributed by atoms with van der Waals surface area (Å²) in [7, 11) is -5.10. The molecule has 2 rings (SSSR count). The van der Waals surface area contributed by atoms with Crippen LogP contribution < -0.4 is 30.6 Å². The maximum Gasteiger partial charge on any atom is 0.311 e. The summed E-state index contributed by atoms with van der Waals surface area (Å²) in [6, 6.07) is 13.1. The van der Waals surface area contributed by atoms with Crippen molar-refractivity contribution in [3.63, 3.8) is 0 Å². The summed E-state index contributed by atoms with van der Waals surface area (Å²) in [5.74, 6) is -2.44. The third-order valence-electron chi connectivity index (χ3n) is 11.6. The first-order valence-electron chi connectivity index (χ1n) is 23.7. The summed E-state index contributed by atoms with van der Waals surface area (Å²) in [6.07, 6.45) is 1.08. The molecular weight excluding hydrogens is 1100 g/mol. The Bertz CT molecular complexity index is 2230. The number of nitrogens with one attached hydrogen (secondary N) is 3. The van der Waals surface area contributed by atoms with Crippen molar-refractivity contribution in [1.29, 1.82) is 0 Å². The van der Waals surface area contributed by atoms with E-state index in [2.05, 4.69) is 29.9 Å². The first kappa shape index (κ1) is 99.0. The number of azide groups is 2. The number of nitrogens with two attached hydrogens (primary N) is 1. The number of phosphoric acid groups is 2. The van der Waals surface area contributed by atoms with Gasteiger partial charge < -0.3 is 63.3 Å². The Hall–Kier alpha value is -5.12. The van der Waals surface area contributed by atoms with Crippen LogP contribution in [0.3, 0.4) is 0 Å². The number of carbonyl (C=O) groups excluding carboxylic acids is 3. The van der Waals surface area contributed by atoms with Crippen molar-refractivity contribution in [3.8, 4) is 0 Å². The lowest BCUT2D eigenvalue weighted by molar-refractivity contribution is -0.877. The van der Waals surface area contributed by atoms with Crippen molar-refractivity contribution in [2.75, 3.05) is 91.0 Å². The number of hydrogen-bond acceptors (Lipinski definition) is 17. The van der Waals surface area contributed by atoms with Gasteiger partial charge in [0, 0.05) is 38.0 Å². The van der Waals surface area contributed by atoms with Crippen LogP contribution >= 0.6 is 15.6 Å². The van der Waals surface area contributed by atoms with Gasteiger partial charge in [-0.05, 0) is 103 Å². The van der Waals surface area contributed by atoms with Crippen molar-refractivity contribution in [2.24, 2.45) is 31.9 Å². The highest BCUT2D eigenvalue weighted by Crippen LogP contribution is 2.41. The Morgan fingerprint density at radius 1 is 0.585 bits per heavy atom. The number of carboxylic acids is 1. The number of nitrogens with zero attached hydrogens (tertiary/aromatic N) is 6. The number of quaternary nitrogens is 2. The van der Waals surface area contributed by atoms with E-state index in [0.29, 0.717) is 48.7 Å². The van der Waals surface area contributed by atoms with Gasteiger partial charge in [-0.1, -0.05) is 129 Å². The van der Waals surface area contributed by atoms with Gasteiger partial charge in [0.05, 0.1) is 56.6 Å². The Morgan fingerprint density at radius 2 is 0.902 bits per heavy atom. The number of ether oxygens (including phenoxy) is 2. The van der Waals surface area contributed by atoms with Crippen LogP contribution in [0.15, 0.2) is 58.8 Å². The van der Waals surface area contributed by atoms with Crippen molar-refractivity contribution in [2.45, 2.75) is 162 Å². The monoisotopic (exact) mass is 1220 g/mol. The number of hydrogen-bond donors (Lipinski definition) is 5. The number of aliphatic carboxylic acids is 1. The molecule has 484 valence electrons. The number of anilines is 2. The van der Waals surface area contributed by atoms with Gasteiger partial charge in [-0.2, -0.15) is 0 Å². The molecule has 2 aromatic carbocycles. The maximum absolute atomic E-state index is 12.9. The van der Waals surface area contributed by atoms with Gasteiger partial charge in [0.15, 0.2) is 0 Å². The maximum atomic E-state index is 12.9. The van der Waals surface area contributed by atoms with Gasteiger partial charge in [-0.15, -0.1) is 0 Å². The molecule has 25 nitrogen and oxygen atoms in total. The molecule has 2 aromatic rings. The van der Waals surface area contributed by atoms with E-state index in [4.69, 9.17) is 39.8 Å². The van der Waals surface area contributed by atoms with E-state index < -0.39 is 55.2 Å². The van der Waals surface area contributed by atoms with E-state index in [1.54, 1.807) is 97.0 Å². The summed E-state index contributed by atoms with van der Waals surface area (Å²) in [6.45, 7) is 18.9. The van der Waals surface area contributed by atoms with Crippen LogP contribution in [0.4, 0.5) is 22.7 Å². The number of esters is 2. The van der Waals surface area contributed by atoms with E-state index in [0.717, 1.165) is 22.9 Å². The highest BCUT2D eigenvalue weighted by Gasteiger charge is 2.43. The van der Waals surface area contributed by atoms with Gasteiger partial charge in [0.1, 0.15) is 39.5 Å². The van der Waals surface area contributed by atoms with E-state index in [1.165, 1.54) is 0 Å². The minimum Gasteiger partial charge on any atom is -0.756 e. The fraction of sp³-hybridized carbons (Fsp3) is 0.709. The van der Waals surface area contributed by atoms with E-state index in [-0.39, 0.29) is 125 Å². The van der Waals surface area contributed by atoms with Crippen LogP contribution in [0, 0.1) is 21.7 Å². The lowest BCUT2D eigenvalue weighted by Crippen LogP contribution is -3.09. The molecule has 0 aliphatic heterocycles. The Kier molecular flexibility index (Phi) is 58.3. The highest BCUT2D eigenvalue weighted by molar-refractivity contribution is 7.46. The van der Waals surface area contributed by atoms with Gasteiger partial charge in [0.2, 0.25) is 5.91 Å². The van der Waals surface area contributed by atoms with Crippen molar-refractivity contribution < 1.29 is 80.6 Å². The standard InChI is InChI=1S/C23H38N5O7P.C17H34NO8P.C6H6N4.9CH4/c1-7-23(5,21(30)33-15-16-35-36(31,32)34-14-13-28(6)8-2)17-22(3,4)20(29)25-18-9-11-19(12-10-18)26-27-24;1-7-17(5,13-16(3,4)14(19)20)15(21)24-11-12-26-27(22,23)25-10-9-18(6)8-2;7-5-1-3-6(4-2-5)9-10-8;;;;;;;;;/h9-12H,7-8,13-17H2,1-6H3,(H,25,29)(H,31,32);7-13H2,1-6H3,(H,19,20)(H,22,23);1-4H,7H2;9*1H4. The number of benzene rings is 2. The molecule has 0 spiro atoms. The average Bonchev–Trinajstić information content (AvgIpc) is 3.32. The lowest BCUT2D eigenvalue weighted by Gasteiger charge is -2.34. The van der Waals surface area contributed by atoms with Crippen LogP contribution in [0.25, 0.3) is 20.9 Å². The molecule has 6 atom stereocenters. The van der Waals surface area contributed by atoms with Crippen LogP contribution in [0.1, 0.15) is 162 Å². The van der Waals surface area contributed by atoms with E-state index >= 15 is 0 Å². The number of rotatable bonds is 31. The van der Waals surface area contributed by atoms with Crippen molar-refractivity contribution >= 4 is 62.2 Å². The SMILES string of the molecule is C.C.C.C.C.C.C.C.C.CC[NH+](C)CCOP(=O)([O-])OCCOC(=O)C(C)(CC)CC(C)(C)C(=O)Nc1ccc(N=[N+]=[N-])cc1.CC[NH+](C)CCOP(=O)([O-])OCCOC(=O)C(C)(CC)CC(C)(C)C(=O)O.[N-]=[N+]=Nc1ccc(N)cc1. The first-order valence-corrected chi connectivity index (χ1v) is 26.6. The largest absolute Gasteiger partial charge is 0.756 e. The molecule has 0 saturated heterocycles. The molecule has 0 aliphatic carbocycles. The summed E-state index contributed by atoms with van der Waals surface area (Å²) in [5.41, 5.74) is 20.1. The highest BCUT2D eigenvalue weighted by atomic mass is 31.2. The number of phosphoric ester groups is 2. The number of likely N-dealkylation sites (N-methyl/N-ethyl adjacent to an activating group) is 2. The second-order valence-corrected chi connectivity index (χ2v) is 21.7. The molecule has 0 aromatic heterocycles. The molecule has 0 aliphatic rings. The molecule has 6 N–H and O–H groups in total. The molecule has 27 heteroatoms. The number of carbonyl (C=O) groups is 4. The Balaban J connectivity index is -0.000000125. The topological polar surface area (TPSA) is 369 Å². The second kappa shape index (κ2) is 48.3. The molecule has 0 bridgehead atoms. The smallest absolute Gasteiger partial charge is 0.311 e. The average molecular weight is 1220 g/mol. The van der Waals surface area contributed by atoms with Crippen molar-refractivity contribution in [3.05, 3.63) is 69.4 Å². The molecule has 1 amide bonds. The number of amides is 1. The Morgan fingerprint density at radius 3 is 1.21 bits per heavy atom. The van der Waals surface area contributed by atoms with Crippen LogP contribution in [-0.2, 0) is 55.9 Å². The number of carboxylic acid groups (broad SMARTS) is 1. The zero-order valence-electron chi connectivity index (χ0n) is 44.3. The van der Waals surface area contributed by atoms with Gasteiger partial charge in [-0.25, -0.2) is 0 Å². The Labute approximate surface area is 495 Å². The molecule has 6 unspecified atom stereocenters. The molecule has 0 heterocycles. The molecular formula is C55H114N10O15P2. The fourth-order valence-corrected chi connectivity index (χ4v) is 7.73. The van der Waals surface area contributed by atoms with Gasteiger partial charge in [0.25, 0.3) is 15.6 Å². The minimum atomic E-state index is -4.49. The predicted molar refractivity (Wildman–Crippen MR) is 331 cm³/mol. The normalized spacial score (nSPS) is 13.7. The third-order valence-corrected chi connectivity index (χ3v) is 13.6. The van der Waals surface area contributed by atoms with E-state index in [1.807, 2.05) is 34.9 Å². The molecule has 0 saturated carbocycles. The fourth-order valence-electron chi connectivity index (χ4n) is 6.35. The lowest BCUT2D eigenvalue weighted by atomic mass is 9.72. The van der Waals surface area contributed by atoms with Gasteiger partial charge >= 0.3 is 17.9 Å². The van der Waals surface area contributed by atoms with E-state index in [9.17, 15) is 43.2 Å². The molecule has 0 radical (unpaired) electrons. The van der Waals surface area contributed by atoms with Crippen LogP contribution in [0.2, 0.25) is 0 Å². The predicted octanol–water partition coefficient (Wildman–Crippen LogP) is 11.4. The van der Waals surface area contributed by atoms with Crippen LogP contribution in [-0.4, -0.2) is 109 Å². The summed E-state index contributed by atoms with van der Waals surface area (Å²) < 4.78 is 52.8. The molecule has 82 heavy (non-hydrogen) atoms. The third kappa shape index (κ3) is 40.2. The minimum absolute atomic E-state index is 0. The zero-order valence-corrected chi connectivity index (χ0v) is 46.1. The summed E-state index contributed by atoms with van der Waals surface area (Å²) in [4.78, 5) is 80.4. The molecule has 0 fully saturated rings. The second-order valence-electron chi connectivity index (χ2n) is 18.8. The van der Waals surface area contributed by atoms with Gasteiger partial charge in [-0.3, -0.25) is 28.3 Å².